The maximum absolute atomic E-state index is 5.30. The lowest BCUT2D eigenvalue weighted by atomic mass is 10.1. The van der Waals surface area contributed by atoms with E-state index in [1.54, 1.807) is 7.11 Å². The second kappa shape index (κ2) is 7.30. The summed E-state index contributed by atoms with van der Waals surface area (Å²) in [5, 5.41) is 3.41. The van der Waals surface area contributed by atoms with Crippen molar-refractivity contribution in [1.82, 2.24) is 5.32 Å². The summed E-state index contributed by atoms with van der Waals surface area (Å²) in [5.74, 6) is 0.801. The number of hydrogen-bond donors (Lipinski definition) is 1. The molecule has 0 bridgehead atoms. The van der Waals surface area contributed by atoms with E-state index < -0.39 is 0 Å². The van der Waals surface area contributed by atoms with Gasteiger partial charge in [0.15, 0.2) is 0 Å². The Morgan fingerprint density at radius 1 is 1.46 bits per heavy atom. The largest absolute Gasteiger partial charge is 0.385 e. The van der Waals surface area contributed by atoms with Crippen molar-refractivity contribution >= 4 is 0 Å². The molecule has 13 heavy (non-hydrogen) atoms. The Hall–Kier alpha value is -0.120. The van der Waals surface area contributed by atoms with Gasteiger partial charge in [0.05, 0.1) is 0 Å². The van der Waals surface area contributed by atoms with Crippen molar-refractivity contribution in [2.75, 3.05) is 40.0 Å². The van der Waals surface area contributed by atoms with Gasteiger partial charge in [0.2, 0.25) is 0 Å². The highest BCUT2D eigenvalue weighted by Crippen LogP contribution is 2.14. The van der Waals surface area contributed by atoms with Gasteiger partial charge in [-0.25, -0.2) is 0 Å². The summed E-state index contributed by atoms with van der Waals surface area (Å²) in [6, 6.07) is 0. The SMILES string of the molecule is COCCCNCCC1CCOC1. The molecule has 3 heteroatoms. The van der Waals surface area contributed by atoms with Gasteiger partial charge in [-0.2, -0.15) is 0 Å². The second-order valence-corrected chi connectivity index (χ2v) is 3.61. The maximum atomic E-state index is 5.30. The van der Waals surface area contributed by atoms with Crippen LogP contribution in [-0.4, -0.2) is 40.0 Å². The van der Waals surface area contributed by atoms with E-state index >= 15 is 0 Å². The van der Waals surface area contributed by atoms with Gasteiger partial charge in [-0.05, 0) is 38.3 Å². The van der Waals surface area contributed by atoms with E-state index in [1.807, 2.05) is 0 Å². The van der Waals surface area contributed by atoms with Crippen molar-refractivity contribution in [2.45, 2.75) is 19.3 Å². The number of rotatable bonds is 7. The predicted molar refractivity (Wildman–Crippen MR) is 52.9 cm³/mol. The van der Waals surface area contributed by atoms with E-state index in [2.05, 4.69) is 5.32 Å². The molecule has 1 unspecified atom stereocenters. The van der Waals surface area contributed by atoms with Crippen LogP contribution in [0.15, 0.2) is 0 Å². The summed E-state index contributed by atoms with van der Waals surface area (Å²) in [6.45, 7) is 4.99. The molecule has 1 saturated heterocycles. The Bertz CT molecular complexity index is 113. The van der Waals surface area contributed by atoms with E-state index in [1.165, 1.54) is 12.8 Å². The quantitative estimate of drug-likeness (QED) is 0.604. The molecule has 1 atom stereocenters. The first kappa shape index (κ1) is 11.0. The summed E-state index contributed by atoms with van der Waals surface area (Å²) < 4.78 is 10.3. The fourth-order valence-corrected chi connectivity index (χ4v) is 1.58. The Morgan fingerprint density at radius 2 is 2.38 bits per heavy atom. The number of ether oxygens (including phenoxy) is 2. The van der Waals surface area contributed by atoms with Crippen molar-refractivity contribution < 1.29 is 9.47 Å². The van der Waals surface area contributed by atoms with Crippen LogP contribution in [0.25, 0.3) is 0 Å². The predicted octanol–water partition coefficient (Wildman–Crippen LogP) is 1.04. The molecule has 0 amide bonds. The third-order valence-electron chi connectivity index (χ3n) is 2.46. The highest BCUT2D eigenvalue weighted by molar-refractivity contribution is 4.65. The van der Waals surface area contributed by atoms with E-state index in [9.17, 15) is 0 Å². The molecule has 1 fully saturated rings. The molecule has 3 nitrogen and oxygen atoms in total. The molecule has 1 heterocycles. The van der Waals surface area contributed by atoms with Crippen LogP contribution >= 0.6 is 0 Å². The minimum atomic E-state index is 0.801. The first-order chi connectivity index (χ1) is 6.43. The van der Waals surface area contributed by atoms with Crippen LogP contribution in [-0.2, 0) is 9.47 Å². The van der Waals surface area contributed by atoms with Crippen LogP contribution in [0.5, 0.6) is 0 Å². The molecule has 0 saturated carbocycles. The summed E-state index contributed by atoms with van der Waals surface area (Å²) in [4.78, 5) is 0. The molecule has 0 radical (unpaired) electrons. The smallest absolute Gasteiger partial charge is 0.0495 e. The van der Waals surface area contributed by atoms with E-state index in [0.717, 1.165) is 45.2 Å². The van der Waals surface area contributed by atoms with Gasteiger partial charge in [0, 0.05) is 26.9 Å². The zero-order valence-electron chi connectivity index (χ0n) is 8.55. The highest BCUT2D eigenvalue weighted by atomic mass is 16.5. The average Bonchev–Trinajstić information content (AvgIpc) is 2.63. The Labute approximate surface area is 80.8 Å². The van der Waals surface area contributed by atoms with Crippen LogP contribution < -0.4 is 5.32 Å². The summed E-state index contributed by atoms with van der Waals surface area (Å²) in [6.07, 6.45) is 3.62. The lowest BCUT2D eigenvalue weighted by Crippen LogP contribution is -2.20. The molecular weight excluding hydrogens is 166 g/mol. The Balaban J connectivity index is 1.78. The van der Waals surface area contributed by atoms with Crippen LogP contribution in [0.4, 0.5) is 0 Å². The minimum Gasteiger partial charge on any atom is -0.385 e. The van der Waals surface area contributed by atoms with Gasteiger partial charge in [-0.3, -0.25) is 0 Å². The van der Waals surface area contributed by atoms with E-state index in [-0.39, 0.29) is 0 Å². The summed E-state index contributed by atoms with van der Waals surface area (Å²) in [7, 11) is 1.75. The first-order valence-corrected chi connectivity index (χ1v) is 5.21. The van der Waals surface area contributed by atoms with Crippen LogP contribution in [0.3, 0.4) is 0 Å². The van der Waals surface area contributed by atoms with Crippen LogP contribution in [0.1, 0.15) is 19.3 Å². The second-order valence-electron chi connectivity index (χ2n) is 3.61. The summed E-state index contributed by atoms with van der Waals surface area (Å²) >= 11 is 0. The van der Waals surface area contributed by atoms with Crippen molar-refractivity contribution in [3.8, 4) is 0 Å². The van der Waals surface area contributed by atoms with Crippen molar-refractivity contribution in [3.05, 3.63) is 0 Å². The number of nitrogens with one attached hydrogen (secondary N) is 1. The number of methoxy groups -OCH3 is 1. The molecule has 0 spiro atoms. The lowest BCUT2D eigenvalue weighted by Gasteiger charge is -2.08. The lowest BCUT2D eigenvalue weighted by molar-refractivity contribution is 0.183. The molecule has 78 valence electrons. The minimum absolute atomic E-state index is 0.801. The molecule has 0 aliphatic carbocycles. The van der Waals surface area contributed by atoms with Gasteiger partial charge < -0.3 is 14.8 Å². The Morgan fingerprint density at radius 3 is 3.08 bits per heavy atom. The van der Waals surface area contributed by atoms with Crippen molar-refractivity contribution in [3.63, 3.8) is 0 Å². The average molecular weight is 187 g/mol. The standard InChI is InChI=1S/C10H21NO2/c1-12-7-2-5-11-6-3-10-4-8-13-9-10/h10-11H,2-9H2,1H3. The fraction of sp³-hybridized carbons (Fsp3) is 1.00. The molecule has 1 aliphatic heterocycles. The molecule has 0 aromatic carbocycles. The Kier molecular flexibility index (Phi) is 6.15. The normalized spacial score (nSPS) is 22.4. The van der Waals surface area contributed by atoms with E-state index in [4.69, 9.17) is 9.47 Å². The fourth-order valence-electron chi connectivity index (χ4n) is 1.58. The van der Waals surface area contributed by atoms with Gasteiger partial charge in [0.25, 0.3) is 0 Å². The van der Waals surface area contributed by atoms with Crippen LogP contribution in [0.2, 0.25) is 0 Å². The molecule has 0 aromatic rings. The third kappa shape index (κ3) is 5.24. The van der Waals surface area contributed by atoms with Gasteiger partial charge in [-0.1, -0.05) is 0 Å². The zero-order chi connectivity index (χ0) is 9.36. The molecule has 1 N–H and O–H groups in total. The monoisotopic (exact) mass is 187 g/mol. The molecular formula is C10H21NO2. The molecule has 1 aliphatic rings. The molecule has 0 aromatic heterocycles. The third-order valence-corrected chi connectivity index (χ3v) is 2.46. The van der Waals surface area contributed by atoms with Gasteiger partial charge in [0.1, 0.15) is 0 Å². The first-order valence-electron chi connectivity index (χ1n) is 5.21. The number of hydrogen-bond acceptors (Lipinski definition) is 3. The molecule has 1 rings (SSSR count). The van der Waals surface area contributed by atoms with Gasteiger partial charge >= 0.3 is 0 Å². The van der Waals surface area contributed by atoms with Crippen LogP contribution in [0, 0.1) is 5.92 Å². The summed E-state index contributed by atoms with van der Waals surface area (Å²) in [5.41, 5.74) is 0. The maximum Gasteiger partial charge on any atom is 0.0495 e. The topological polar surface area (TPSA) is 30.5 Å². The van der Waals surface area contributed by atoms with Gasteiger partial charge in [-0.15, -0.1) is 0 Å². The van der Waals surface area contributed by atoms with Crippen molar-refractivity contribution in [2.24, 2.45) is 5.92 Å². The van der Waals surface area contributed by atoms with Crippen molar-refractivity contribution in [1.29, 1.82) is 0 Å². The highest BCUT2D eigenvalue weighted by Gasteiger charge is 2.14. The van der Waals surface area contributed by atoms with E-state index in [0.29, 0.717) is 0 Å². The zero-order valence-corrected chi connectivity index (χ0v) is 8.55.